The third-order valence-corrected chi connectivity index (χ3v) is 6.03. The van der Waals surface area contributed by atoms with E-state index in [-0.39, 0.29) is 12.2 Å². The number of thiazole rings is 1. The van der Waals surface area contributed by atoms with Crippen LogP contribution in [0.15, 0.2) is 75.7 Å². The Kier molecular flexibility index (Phi) is 5.86. The van der Waals surface area contributed by atoms with Crippen molar-refractivity contribution in [3.63, 3.8) is 0 Å². The Morgan fingerprint density at radius 2 is 1.87 bits per heavy atom. The molecule has 0 aliphatic carbocycles. The molecule has 1 atom stereocenters. The Morgan fingerprint density at radius 1 is 1.16 bits per heavy atom. The lowest BCUT2D eigenvalue weighted by Gasteiger charge is -2.24. The molecule has 158 valence electrons. The van der Waals surface area contributed by atoms with Crippen LogP contribution in [0.4, 0.5) is 0 Å². The fourth-order valence-electron chi connectivity index (χ4n) is 3.59. The largest absolute Gasteiger partial charge is 0.497 e. The van der Waals surface area contributed by atoms with Gasteiger partial charge >= 0.3 is 5.97 Å². The third kappa shape index (κ3) is 3.96. The van der Waals surface area contributed by atoms with Gasteiger partial charge < -0.3 is 9.47 Å². The zero-order chi connectivity index (χ0) is 22.0. The van der Waals surface area contributed by atoms with Gasteiger partial charge in [-0.1, -0.05) is 53.8 Å². The van der Waals surface area contributed by atoms with E-state index < -0.39 is 12.0 Å². The molecule has 2 heterocycles. The molecule has 0 unspecified atom stereocenters. The Morgan fingerprint density at radius 3 is 2.52 bits per heavy atom. The maximum absolute atomic E-state index is 13.4. The van der Waals surface area contributed by atoms with E-state index >= 15 is 0 Å². The van der Waals surface area contributed by atoms with Crippen LogP contribution in [-0.4, -0.2) is 24.3 Å². The van der Waals surface area contributed by atoms with Gasteiger partial charge in [0.15, 0.2) is 4.80 Å². The van der Waals surface area contributed by atoms with E-state index in [0.29, 0.717) is 26.4 Å². The van der Waals surface area contributed by atoms with Gasteiger partial charge in [0.1, 0.15) is 5.75 Å². The second-order valence-corrected chi connectivity index (χ2v) is 8.00. The van der Waals surface area contributed by atoms with Crippen molar-refractivity contribution < 1.29 is 14.3 Å². The summed E-state index contributed by atoms with van der Waals surface area (Å²) in [6.07, 6.45) is 1.85. The molecule has 2 aromatic carbocycles. The first kappa shape index (κ1) is 20.8. The van der Waals surface area contributed by atoms with Crippen molar-refractivity contribution in [3.8, 4) is 5.75 Å². The standard InChI is InChI=1S/C24H22N2O4S/c1-4-30-23(28)20-15(2)25-24-26(21(20)17-10-12-18(29-3)13-11-17)22(27)19(31-24)14-16-8-6-5-7-9-16/h5-14,21H,4H2,1-3H3/b19-14+/t21-/m0/s1. The number of carbonyl (C=O) groups excluding carboxylic acids is 1. The Labute approximate surface area is 183 Å². The predicted octanol–water partition coefficient (Wildman–Crippen LogP) is 2.81. The normalized spacial score (nSPS) is 16.0. The quantitative estimate of drug-likeness (QED) is 0.579. The number of hydrogen-bond donors (Lipinski definition) is 0. The van der Waals surface area contributed by atoms with Crippen LogP contribution in [0.3, 0.4) is 0 Å². The lowest BCUT2D eigenvalue weighted by molar-refractivity contribution is -0.139. The first-order valence-electron chi connectivity index (χ1n) is 9.92. The highest BCUT2D eigenvalue weighted by Crippen LogP contribution is 2.31. The molecule has 0 spiro atoms. The first-order chi connectivity index (χ1) is 15.0. The molecule has 0 N–H and O–H groups in total. The summed E-state index contributed by atoms with van der Waals surface area (Å²) < 4.78 is 12.7. The third-order valence-electron chi connectivity index (χ3n) is 5.05. The zero-order valence-electron chi connectivity index (χ0n) is 17.5. The average Bonchev–Trinajstić information content (AvgIpc) is 3.08. The van der Waals surface area contributed by atoms with Gasteiger partial charge in [0, 0.05) is 0 Å². The summed E-state index contributed by atoms with van der Waals surface area (Å²) >= 11 is 1.31. The maximum atomic E-state index is 13.4. The van der Waals surface area contributed by atoms with Crippen molar-refractivity contribution >= 4 is 23.4 Å². The number of allylic oxidation sites excluding steroid dienone is 1. The number of methoxy groups -OCH3 is 1. The van der Waals surface area contributed by atoms with Gasteiger partial charge in [-0.05, 0) is 43.2 Å². The minimum absolute atomic E-state index is 0.192. The van der Waals surface area contributed by atoms with E-state index in [1.54, 1.807) is 25.5 Å². The number of carbonyl (C=O) groups is 1. The van der Waals surface area contributed by atoms with Crippen LogP contribution in [-0.2, 0) is 9.53 Å². The van der Waals surface area contributed by atoms with Gasteiger partial charge in [0.2, 0.25) is 0 Å². The minimum atomic E-state index is -0.626. The summed E-state index contributed by atoms with van der Waals surface area (Å²) in [5.74, 6) is 0.223. The molecule has 0 amide bonds. The van der Waals surface area contributed by atoms with Gasteiger partial charge in [0.05, 0.1) is 35.6 Å². The highest BCUT2D eigenvalue weighted by molar-refractivity contribution is 7.07. The van der Waals surface area contributed by atoms with Crippen molar-refractivity contribution in [1.82, 2.24) is 4.57 Å². The van der Waals surface area contributed by atoms with Crippen LogP contribution in [0.25, 0.3) is 6.08 Å². The molecule has 3 aromatic rings. The van der Waals surface area contributed by atoms with Crippen LogP contribution < -0.4 is 19.6 Å². The molecular weight excluding hydrogens is 412 g/mol. The zero-order valence-corrected chi connectivity index (χ0v) is 18.3. The Bertz CT molecular complexity index is 1320. The maximum Gasteiger partial charge on any atom is 0.338 e. The van der Waals surface area contributed by atoms with Gasteiger partial charge in [-0.2, -0.15) is 0 Å². The second-order valence-electron chi connectivity index (χ2n) is 6.99. The molecule has 31 heavy (non-hydrogen) atoms. The summed E-state index contributed by atoms with van der Waals surface area (Å²) in [5, 5.41) is 0. The highest BCUT2D eigenvalue weighted by Gasteiger charge is 2.33. The predicted molar refractivity (Wildman–Crippen MR) is 120 cm³/mol. The number of aromatic nitrogens is 1. The lowest BCUT2D eigenvalue weighted by Crippen LogP contribution is -2.39. The molecule has 0 bridgehead atoms. The SMILES string of the molecule is CCOC(=O)C1=C(C)N=c2s/c(=C/c3ccccc3)c(=O)n2[C@H]1c1ccc(OC)cc1. The molecule has 4 rings (SSSR count). The van der Waals surface area contributed by atoms with E-state index in [0.717, 1.165) is 11.1 Å². The molecule has 0 saturated heterocycles. The van der Waals surface area contributed by atoms with Crippen molar-refractivity contribution in [3.05, 3.63) is 96.7 Å². The fraction of sp³-hybridized carbons (Fsp3) is 0.208. The summed E-state index contributed by atoms with van der Waals surface area (Å²) in [5.41, 5.74) is 2.43. The van der Waals surface area contributed by atoms with E-state index in [1.165, 1.54) is 11.3 Å². The van der Waals surface area contributed by atoms with E-state index in [1.807, 2.05) is 60.7 Å². The summed E-state index contributed by atoms with van der Waals surface area (Å²) in [7, 11) is 1.59. The van der Waals surface area contributed by atoms with Crippen LogP contribution in [0, 0.1) is 0 Å². The number of hydrogen-bond acceptors (Lipinski definition) is 6. The van der Waals surface area contributed by atoms with Gasteiger partial charge in [-0.3, -0.25) is 9.36 Å². The number of nitrogens with zero attached hydrogens (tertiary/aromatic N) is 2. The molecule has 6 nitrogen and oxygen atoms in total. The molecule has 1 aliphatic heterocycles. The molecule has 0 fully saturated rings. The highest BCUT2D eigenvalue weighted by atomic mass is 32.1. The molecular formula is C24H22N2O4S. The van der Waals surface area contributed by atoms with Crippen molar-refractivity contribution in [1.29, 1.82) is 0 Å². The minimum Gasteiger partial charge on any atom is -0.497 e. The summed E-state index contributed by atoms with van der Waals surface area (Å²) in [4.78, 5) is 31.4. The number of esters is 1. The molecule has 0 saturated carbocycles. The molecule has 1 aliphatic rings. The van der Waals surface area contributed by atoms with Crippen molar-refractivity contribution in [2.75, 3.05) is 13.7 Å². The summed E-state index contributed by atoms with van der Waals surface area (Å²) in [6.45, 7) is 3.77. The van der Waals surface area contributed by atoms with Crippen molar-refractivity contribution in [2.45, 2.75) is 19.9 Å². The number of ether oxygens (including phenoxy) is 2. The average molecular weight is 435 g/mol. The van der Waals surface area contributed by atoms with E-state index in [4.69, 9.17) is 9.47 Å². The number of fused-ring (bicyclic) bond motifs is 1. The number of benzene rings is 2. The Balaban J connectivity index is 1.95. The van der Waals surface area contributed by atoms with E-state index in [9.17, 15) is 9.59 Å². The van der Waals surface area contributed by atoms with Crippen LogP contribution in [0.5, 0.6) is 5.75 Å². The van der Waals surface area contributed by atoms with Gasteiger partial charge in [-0.25, -0.2) is 9.79 Å². The molecule has 0 radical (unpaired) electrons. The van der Waals surface area contributed by atoms with Crippen LogP contribution in [0.2, 0.25) is 0 Å². The second kappa shape index (κ2) is 8.73. The van der Waals surface area contributed by atoms with Crippen LogP contribution >= 0.6 is 11.3 Å². The van der Waals surface area contributed by atoms with Gasteiger partial charge in [0.25, 0.3) is 5.56 Å². The smallest absolute Gasteiger partial charge is 0.338 e. The first-order valence-corrected chi connectivity index (χ1v) is 10.7. The summed E-state index contributed by atoms with van der Waals surface area (Å²) in [6, 6.07) is 16.4. The Hall–Kier alpha value is -3.45. The van der Waals surface area contributed by atoms with Crippen molar-refractivity contribution in [2.24, 2.45) is 4.99 Å². The monoisotopic (exact) mass is 434 g/mol. The van der Waals surface area contributed by atoms with E-state index in [2.05, 4.69) is 4.99 Å². The molecule has 7 heteroatoms. The number of rotatable bonds is 5. The lowest BCUT2D eigenvalue weighted by atomic mass is 9.96. The van der Waals surface area contributed by atoms with Gasteiger partial charge in [-0.15, -0.1) is 0 Å². The van der Waals surface area contributed by atoms with Crippen LogP contribution in [0.1, 0.15) is 31.0 Å². The topological polar surface area (TPSA) is 69.9 Å². The molecule has 1 aromatic heterocycles. The fourth-order valence-corrected chi connectivity index (χ4v) is 4.64.